The summed E-state index contributed by atoms with van der Waals surface area (Å²) in [5.74, 6) is -0.328. The molecule has 0 radical (unpaired) electrons. The molecule has 1 atom stereocenters. The molecule has 154 valence electrons. The first-order valence-electron chi connectivity index (χ1n) is 10.5. The summed E-state index contributed by atoms with van der Waals surface area (Å²) < 4.78 is 0. The van der Waals surface area contributed by atoms with Crippen molar-refractivity contribution in [3.63, 3.8) is 0 Å². The van der Waals surface area contributed by atoms with Gasteiger partial charge in [0, 0.05) is 21.5 Å². The van der Waals surface area contributed by atoms with Crippen LogP contribution in [0.4, 0.5) is 5.13 Å². The molecule has 0 saturated heterocycles. The SMILES string of the molecule is O=C(Nc1nc2c(s1)CCCC2C(=O)NC1CCCCCC1)c1ccc(Cl)cc1. The Kier molecular flexibility index (Phi) is 6.50. The number of thiazole rings is 1. The summed E-state index contributed by atoms with van der Waals surface area (Å²) in [5, 5.41) is 7.31. The van der Waals surface area contributed by atoms with Crippen LogP contribution < -0.4 is 10.6 Å². The number of hydrogen-bond donors (Lipinski definition) is 2. The van der Waals surface area contributed by atoms with Crippen LogP contribution >= 0.6 is 22.9 Å². The second kappa shape index (κ2) is 9.26. The largest absolute Gasteiger partial charge is 0.353 e. The molecule has 7 heteroatoms. The highest BCUT2D eigenvalue weighted by molar-refractivity contribution is 7.16. The lowest BCUT2D eigenvalue weighted by molar-refractivity contribution is -0.123. The van der Waals surface area contributed by atoms with Gasteiger partial charge in [-0.25, -0.2) is 4.98 Å². The maximum absolute atomic E-state index is 13.0. The van der Waals surface area contributed by atoms with E-state index in [-0.39, 0.29) is 23.8 Å². The molecule has 2 aliphatic carbocycles. The number of aromatic nitrogens is 1. The van der Waals surface area contributed by atoms with E-state index in [4.69, 9.17) is 11.6 Å². The summed E-state index contributed by atoms with van der Waals surface area (Å²) in [6.45, 7) is 0. The van der Waals surface area contributed by atoms with Gasteiger partial charge in [-0.2, -0.15) is 0 Å². The fraction of sp³-hybridized carbons (Fsp3) is 0.500. The predicted molar refractivity (Wildman–Crippen MR) is 117 cm³/mol. The van der Waals surface area contributed by atoms with E-state index in [0.717, 1.165) is 42.7 Å². The molecule has 5 nitrogen and oxygen atoms in total. The number of rotatable bonds is 4. The second-order valence-corrected chi connectivity index (χ2v) is 9.45. The van der Waals surface area contributed by atoms with Crippen molar-refractivity contribution in [3.05, 3.63) is 45.4 Å². The van der Waals surface area contributed by atoms with Crippen molar-refractivity contribution >= 4 is 39.9 Å². The molecule has 0 spiro atoms. The second-order valence-electron chi connectivity index (χ2n) is 7.93. The lowest BCUT2D eigenvalue weighted by Gasteiger charge is -2.24. The average Bonchev–Trinajstić information content (AvgIpc) is 2.95. The van der Waals surface area contributed by atoms with Crippen molar-refractivity contribution in [2.24, 2.45) is 0 Å². The molecule has 0 aliphatic heterocycles. The first kappa shape index (κ1) is 20.4. The Bertz CT molecular complexity index is 873. The van der Waals surface area contributed by atoms with Crippen LogP contribution in [-0.4, -0.2) is 22.8 Å². The minimum absolute atomic E-state index is 0.0960. The van der Waals surface area contributed by atoms with Gasteiger partial charge < -0.3 is 5.32 Å². The zero-order valence-corrected chi connectivity index (χ0v) is 18.0. The Hall–Kier alpha value is -1.92. The molecule has 1 aromatic heterocycles. The zero-order valence-electron chi connectivity index (χ0n) is 16.4. The van der Waals surface area contributed by atoms with Gasteiger partial charge in [0.1, 0.15) is 0 Å². The molecule has 29 heavy (non-hydrogen) atoms. The van der Waals surface area contributed by atoms with Crippen LogP contribution in [0, 0.1) is 0 Å². The number of aryl methyl sites for hydroxylation is 1. The number of carbonyl (C=O) groups excluding carboxylic acids is 2. The fourth-order valence-corrected chi connectivity index (χ4v) is 5.41. The lowest BCUT2D eigenvalue weighted by Crippen LogP contribution is -2.38. The van der Waals surface area contributed by atoms with Crippen molar-refractivity contribution in [1.29, 1.82) is 0 Å². The first-order valence-corrected chi connectivity index (χ1v) is 11.7. The highest BCUT2D eigenvalue weighted by Crippen LogP contribution is 2.37. The Morgan fingerprint density at radius 1 is 1.00 bits per heavy atom. The maximum Gasteiger partial charge on any atom is 0.257 e. The molecule has 1 unspecified atom stereocenters. The first-order chi connectivity index (χ1) is 14.1. The van der Waals surface area contributed by atoms with E-state index in [1.807, 2.05) is 0 Å². The number of amides is 2. The molecule has 4 rings (SSSR count). The number of hydrogen-bond acceptors (Lipinski definition) is 4. The van der Waals surface area contributed by atoms with Gasteiger partial charge in [0.05, 0.1) is 11.6 Å². The van der Waals surface area contributed by atoms with Crippen molar-refractivity contribution in [2.75, 3.05) is 5.32 Å². The highest BCUT2D eigenvalue weighted by atomic mass is 35.5. The van der Waals surface area contributed by atoms with E-state index in [1.54, 1.807) is 24.3 Å². The number of anilines is 1. The molecule has 2 amide bonds. The van der Waals surface area contributed by atoms with Crippen molar-refractivity contribution < 1.29 is 9.59 Å². The summed E-state index contributed by atoms with van der Waals surface area (Å²) in [6.07, 6.45) is 9.78. The van der Waals surface area contributed by atoms with Crippen LogP contribution in [0.5, 0.6) is 0 Å². The smallest absolute Gasteiger partial charge is 0.257 e. The molecule has 1 aromatic carbocycles. The Morgan fingerprint density at radius 2 is 1.72 bits per heavy atom. The van der Waals surface area contributed by atoms with E-state index in [1.165, 1.54) is 37.0 Å². The number of nitrogens with one attached hydrogen (secondary N) is 2. The van der Waals surface area contributed by atoms with Crippen molar-refractivity contribution in [1.82, 2.24) is 10.3 Å². The number of carbonyl (C=O) groups is 2. The predicted octanol–water partition coefficient (Wildman–Crippen LogP) is 5.31. The van der Waals surface area contributed by atoms with Gasteiger partial charge in [-0.15, -0.1) is 11.3 Å². The standard InChI is InChI=1S/C22H26ClN3O2S/c23-15-12-10-14(11-13-15)20(27)26-22-25-19-17(8-5-9-18(19)29-22)21(28)24-16-6-3-1-2-4-7-16/h10-13,16-17H,1-9H2,(H,24,28)(H,25,26,27). The Balaban J connectivity index is 1.45. The molecule has 1 fully saturated rings. The quantitative estimate of drug-likeness (QED) is 0.644. The van der Waals surface area contributed by atoms with Crippen molar-refractivity contribution in [3.8, 4) is 0 Å². The number of halogens is 1. The van der Waals surface area contributed by atoms with E-state index in [9.17, 15) is 9.59 Å². The molecule has 2 aromatic rings. The van der Waals surface area contributed by atoms with Crippen molar-refractivity contribution in [2.45, 2.75) is 69.7 Å². The van der Waals surface area contributed by atoms with Crippen LogP contribution in [0.25, 0.3) is 0 Å². The van der Waals surface area contributed by atoms with Crippen LogP contribution in [0.2, 0.25) is 5.02 Å². The third kappa shape index (κ3) is 4.98. The van der Waals surface area contributed by atoms with Gasteiger partial charge >= 0.3 is 0 Å². The lowest BCUT2D eigenvalue weighted by atomic mass is 9.90. The van der Waals surface area contributed by atoms with Crippen LogP contribution in [0.3, 0.4) is 0 Å². The fourth-order valence-electron chi connectivity index (χ4n) is 4.22. The summed E-state index contributed by atoms with van der Waals surface area (Å²) >= 11 is 7.37. The normalized spacial score (nSPS) is 19.8. The minimum Gasteiger partial charge on any atom is -0.353 e. The Labute approximate surface area is 180 Å². The third-order valence-corrected chi connectivity index (χ3v) is 7.10. The minimum atomic E-state index is -0.216. The maximum atomic E-state index is 13.0. The van der Waals surface area contributed by atoms with Gasteiger partial charge in [-0.1, -0.05) is 37.3 Å². The number of benzene rings is 1. The summed E-state index contributed by atoms with van der Waals surface area (Å²) in [6, 6.07) is 7.05. The number of nitrogens with zero attached hydrogens (tertiary/aromatic N) is 1. The van der Waals surface area contributed by atoms with Crippen LogP contribution in [0.15, 0.2) is 24.3 Å². The van der Waals surface area contributed by atoms with Gasteiger partial charge in [0.15, 0.2) is 5.13 Å². The molecular weight excluding hydrogens is 406 g/mol. The van der Waals surface area contributed by atoms with Gasteiger partial charge in [0.2, 0.25) is 5.91 Å². The summed E-state index contributed by atoms with van der Waals surface area (Å²) in [5.41, 5.74) is 1.38. The van der Waals surface area contributed by atoms with E-state index in [2.05, 4.69) is 15.6 Å². The molecule has 2 aliphatic rings. The number of fused-ring (bicyclic) bond motifs is 1. The third-order valence-electron chi connectivity index (χ3n) is 5.80. The van der Waals surface area contributed by atoms with E-state index in [0.29, 0.717) is 15.7 Å². The molecular formula is C22H26ClN3O2S. The molecule has 1 saturated carbocycles. The Morgan fingerprint density at radius 3 is 2.45 bits per heavy atom. The van der Waals surface area contributed by atoms with Gasteiger partial charge in [0.25, 0.3) is 5.91 Å². The molecule has 1 heterocycles. The van der Waals surface area contributed by atoms with Crippen LogP contribution in [-0.2, 0) is 11.2 Å². The van der Waals surface area contributed by atoms with Crippen LogP contribution in [0.1, 0.15) is 78.2 Å². The summed E-state index contributed by atoms with van der Waals surface area (Å²) in [7, 11) is 0. The molecule has 0 bridgehead atoms. The highest BCUT2D eigenvalue weighted by Gasteiger charge is 2.31. The van der Waals surface area contributed by atoms with Gasteiger partial charge in [-0.3, -0.25) is 14.9 Å². The topological polar surface area (TPSA) is 71.1 Å². The zero-order chi connectivity index (χ0) is 20.2. The van der Waals surface area contributed by atoms with Gasteiger partial charge in [-0.05, 0) is 56.4 Å². The molecule has 2 N–H and O–H groups in total. The van der Waals surface area contributed by atoms with E-state index >= 15 is 0 Å². The summed E-state index contributed by atoms with van der Waals surface area (Å²) in [4.78, 5) is 31.2. The average molecular weight is 432 g/mol. The van der Waals surface area contributed by atoms with E-state index < -0.39 is 0 Å². The monoisotopic (exact) mass is 431 g/mol.